The van der Waals surface area contributed by atoms with E-state index in [-0.39, 0.29) is 11.3 Å². The molecule has 0 aromatic heterocycles. The number of phenols is 1. The van der Waals surface area contributed by atoms with E-state index in [4.69, 9.17) is 72.9 Å². The second kappa shape index (κ2) is 52.9. The van der Waals surface area contributed by atoms with Crippen molar-refractivity contribution in [3.63, 3.8) is 0 Å². The van der Waals surface area contributed by atoms with Crippen LogP contribution in [0, 0.1) is 0 Å². The summed E-state index contributed by atoms with van der Waals surface area (Å²) in [6.07, 6.45) is 2.25. The number of benzene rings is 5. The highest BCUT2D eigenvalue weighted by molar-refractivity contribution is 8.03. The predicted octanol–water partition coefficient (Wildman–Crippen LogP) is 11.2. The number of carboxylic acids is 1. The molecule has 1 atom stereocenters. The van der Waals surface area contributed by atoms with Crippen LogP contribution in [0.1, 0.15) is 72.6 Å². The van der Waals surface area contributed by atoms with E-state index < -0.39 is 21.5 Å². The number of esters is 1. The summed E-state index contributed by atoms with van der Waals surface area (Å²) in [6, 6.07) is 43.7. The number of aromatic carboxylic acids is 1. The number of alkyl halides is 2. The summed E-state index contributed by atoms with van der Waals surface area (Å²) in [4.78, 5) is 61.0. The minimum absolute atomic E-state index is 0.194. The van der Waals surface area contributed by atoms with Crippen LogP contribution in [0.4, 0.5) is 0 Å². The Labute approximate surface area is 393 Å². The standard InChI is InChI=1S/C13H10O2.C7H5ClO.C7H6O2.C6H15N.C6H6O.3C2H4O.CH2Cl2.ClHO2S/c14-13(11-7-3-1-4-8-11)15-12-9-5-2-6-10-12;2*8-7(9)6-4-2-1-3-5-6;1-4-7(5-2)6-3;7-6-4-2-1-3-5-6;3*1-2-3;2-1-3;1-4(2)3/h1-10H;1-5H;1-5H,(H,8,9);4-6H2,1-3H3;1-5,7H;3*2H,1H3;1H2;(H,2,3)/p-1. The molecule has 0 aliphatic heterocycles. The molecule has 0 radical (unpaired) electrons. The molecule has 5 aromatic rings. The largest absolute Gasteiger partial charge is 0.760 e. The summed E-state index contributed by atoms with van der Waals surface area (Å²) in [6.45, 7) is 14.5. The van der Waals surface area contributed by atoms with Gasteiger partial charge in [-0.05, 0) is 111 Å². The molecule has 0 aliphatic rings. The summed E-state index contributed by atoms with van der Waals surface area (Å²) < 4.78 is 22.7. The number of aromatic hydroxyl groups is 1. The lowest BCUT2D eigenvalue weighted by Crippen LogP contribution is -2.21. The normalized spacial score (nSPS) is 8.83. The molecule has 346 valence electrons. The van der Waals surface area contributed by atoms with Gasteiger partial charge in [-0.1, -0.05) is 124 Å². The summed E-state index contributed by atoms with van der Waals surface area (Å²) in [5, 5.41) is 16.8. The Balaban J connectivity index is -0.000000209. The number of halogens is 4. The zero-order valence-electron chi connectivity index (χ0n) is 35.9. The van der Waals surface area contributed by atoms with E-state index in [1.54, 1.807) is 103 Å². The number of hydrogen-bond acceptors (Lipinski definition) is 11. The van der Waals surface area contributed by atoms with Crippen molar-refractivity contribution in [2.75, 3.05) is 25.0 Å². The Morgan fingerprint density at radius 1 is 0.603 bits per heavy atom. The summed E-state index contributed by atoms with van der Waals surface area (Å²) in [5.41, 5.74) is 1.43. The van der Waals surface area contributed by atoms with Gasteiger partial charge in [0.2, 0.25) is 0 Å². The molecular formula is C46H56Cl4NO11S-. The molecule has 0 saturated carbocycles. The monoisotopic (exact) mass is 970 g/mol. The number of phenolic OH excluding ortho intramolecular Hbond substituents is 1. The highest BCUT2D eigenvalue weighted by Crippen LogP contribution is 2.11. The number of aldehydes is 3. The highest BCUT2D eigenvalue weighted by Gasteiger charge is 2.06. The molecule has 5 rings (SSSR count). The molecule has 0 bridgehead atoms. The van der Waals surface area contributed by atoms with Crippen LogP contribution in [-0.4, -0.2) is 84.9 Å². The molecule has 0 aliphatic carbocycles. The number of para-hydroxylation sites is 2. The second-order valence-electron chi connectivity index (χ2n) is 10.3. The molecule has 5 aromatic carbocycles. The van der Waals surface area contributed by atoms with E-state index in [2.05, 4.69) is 36.4 Å². The van der Waals surface area contributed by atoms with Crippen LogP contribution in [0.3, 0.4) is 0 Å². The van der Waals surface area contributed by atoms with Gasteiger partial charge in [-0.2, -0.15) is 0 Å². The Kier molecular flexibility index (Phi) is 56.1. The molecule has 0 amide bonds. The maximum Gasteiger partial charge on any atom is 0.343 e. The fraction of sp³-hybridized carbons (Fsp3) is 0.217. The summed E-state index contributed by atoms with van der Waals surface area (Å²) >= 11 is 14.7. The zero-order valence-corrected chi connectivity index (χ0v) is 39.8. The minimum Gasteiger partial charge on any atom is -0.760 e. The predicted molar refractivity (Wildman–Crippen MR) is 256 cm³/mol. The van der Waals surface area contributed by atoms with Crippen molar-refractivity contribution < 1.29 is 52.5 Å². The van der Waals surface area contributed by atoms with Crippen molar-refractivity contribution in [2.45, 2.75) is 41.5 Å². The molecule has 63 heavy (non-hydrogen) atoms. The fourth-order valence-electron chi connectivity index (χ4n) is 3.48. The minimum atomic E-state index is -2.39. The first-order valence-electron chi connectivity index (χ1n) is 18.5. The van der Waals surface area contributed by atoms with E-state index in [1.807, 2.05) is 48.5 Å². The van der Waals surface area contributed by atoms with Crippen molar-refractivity contribution in [1.82, 2.24) is 4.90 Å². The molecule has 0 spiro atoms. The third-order valence-corrected chi connectivity index (χ3v) is 6.30. The van der Waals surface area contributed by atoms with Crippen LogP contribution in [0.5, 0.6) is 11.5 Å². The third-order valence-electron chi connectivity index (χ3n) is 6.08. The van der Waals surface area contributed by atoms with Gasteiger partial charge < -0.3 is 38.8 Å². The molecular weight excluding hydrogens is 916 g/mol. The molecule has 0 saturated heterocycles. The van der Waals surface area contributed by atoms with Gasteiger partial charge in [0.25, 0.3) is 5.24 Å². The molecule has 1 unspecified atom stereocenters. The van der Waals surface area contributed by atoms with Gasteiger partial charge in [0.1, 0.15) is 30.4 Å². The van der Waals surface area contributed by atoms with Gasteiger partial charge >= 0.3 is 11.9 Å². The first-order chi connectivity index (χ1) is 30.1. The SMILES string of the molecule is CC=O.CC=O.CC=O.CCN(CC)CC.ClCCl.O=C(Cl)c1ccccc1.O=C(O)c1ccccc1.O=C(Oc1ccccc1)c1ccccc1.O=S([O-])Cl.Oc1ccccc1. The topological polar surface area (TPSA) is 195 Å². The van der Waals surface area contributed by atoms with Crippen LogP contribution in [0.25, 0.3) is 0 Å². The Hall–Kier alpha value is -5.25. The average molecular weight is 973 g/mol. The quantitative estimate of drug-likeness (QED) is 0.0392. The van der Waals surface area contributed by atoms with Crippen LogP contribution < -0.4 is 4.74 Å². The third kappa shape index (κ3) is 52.8. The summed E-state index contributed by atoms with van der Waals surface area (Å²) in [5.74, 6) is -0.328. The van der Waals surface area contributed by atoms with Crippen molar-refractivity contribution in [1.29, 1.82) is 0 Å². The maximum absolute atomic E-state index is 11.6. The molecule has 0 fully saturated rings. The van der Waals surface area contributed by atoms with Crippen LogP contribution in [0.2, 0.25) is 0 Å². The Bertz CT molecular complexity index is 1740. The van der Waals surface area contributed by atoms with E-state index in [9.17, 15) is 14.4 Å². The highest BCUT2D eigenvalue weighted by atomic mass is 35.7. The Morgan fingerprint density at radius 3 is 1.05 bits per heavy atom. The van der Waals surface area contributed by atoms with Crippen molar-refractivity contribution in [3.05, 3.63) is 168 Å². The van der Waals surface area contributed by atoms with Crippen LogP contribution in [0.15, 0.2) is 152 Å². The second-order valence-corrected chi connectivity index (χ2v) is 12.6. The number of ether oxygens (including phenoxy) is 1. The lowest BCUT2D eigenvalue weighted by Gasteiger charge is -2.13. The van der Waals surface area contributed by atoms with Gasteiger partial charge in [0.15, 0.2) is 0 Å². The van der Waals surface area contributed by atoms with Gasteiger partial charge in [0.05, 0.1) is 16.5 Å². The number of hydrogen-bond donors (Lipinski definition) is 2. The van der Waals surface area contributed by atoms with E-state index in [0.29, 0.717) is 28.2 Å². The van der Waals surface area contributed by atoms with Gasteiger partial charge in [0, 0.05) is 15.9 Å². The molecule has 0 heterocycles. The molecule has 17 heteroatoms. The van der Waals surface area contributed by atoms with Crippen LogP contribution in [-0.2, 0) is 24.7 Å². The van der Waals surface area contributed by atoms with Crippen LogP contribution >= 0.6 is 45.5 Å². The lowest BCUT2D eigenvalue weighted by molar-refractivity contribution is -0.106. The maximum atomic E-state index is 11.6. The van der Waals surface area contributed by atoms with E-state index in [1.165, 1.54) is 40.4 Å². The number of carbonyl (C=O) groups excluding carboxylic acids is 5. The fourth-order valence-corrected chi connectivity index (χ4v) is 3.60. The van der Waals surface area contributed by atoms with Crippen molar-refractivity contribution >= 4 is 91.8 Å². The number of carboxylic acid groups (broad SMARTS) is 1. The van der Waals surface area contributed by atoms with Gasteiger partial charge in [-0.15, -0.1) is 23.2 Å². The number of carbonyl (C=O) groups is 6. The van der Waals surface area contributed by atoms with E-state index in [0.717, 1.165) is 18.9 Å². The molecule has 2 N–H and O–H groups in total. The first kappa shape index (κ1) is 66.8. The zero-order chi connectivity index (χ0) is 49.1. The Morgan fingerprint density at radius 2 is 0.857 bits per heavy atom. The smallest absolute Gasteiger partial charge is 0.343 e. The van der Waals surface area contributed by atoms with Gasteiger partial charge in [-0.3, -0.25) is 9.00 Å². The number of nitrogens with zero attached hydrogens (tertiary/aromatic N) is 1. The average Bonchev–Trinajstić information content (AvgIpc) is 3.28. The molecule has 12 nitrogen and oxygen atoms in total. The first-order valence-corrected chi connectivity index (χ1v) is 21.8. The van der Waals surface area contributed by atoms with E-state index >= 15 is 0 Å². The van der Waals surface area contributed by atoms with Crippen molar-refractivity contribution in [2.24, 2.45) is 0 Å². The van der Waals surface area contributed by atoms with Crippen molar-refractivity contribution in [3.8, 4) is 11.5 Å². The van der Waals surface area contributed by atoms with Gasteiger partial charge in [-0.25, -0.2) is 9.59 Å². The summed E-state index contributed by atoms with van der Waals surface area (Å²) in [7, 11) is 1.80. The lowest BCUT2D eigenvalue weighted by atomic mass is 10.2. The number of rotatable bonds is 7.